The fraction of sp³-hybridized carbons (Fsp3) is 0.727. The third kappa shape index (κ3) is 3.89. The second-order valence-electron chi connectivity index (χ2n) is 4.72. The second kappa shape index (κ2) is 5.05. The van der Waals surface area contributed by atoms with E-state index in [1.807, 2.05) is 20.8 Å². The first kappa shape index (κ1) is 12.6. The van der Waals surface area contributed by atoms with E-state index in [1.54, 1.807) is 11.3 Å². The van der Waals surface area contributed by atoms with Gasteiger partial charge in [-0.05, 0) is 13.8 Å². The predicted molar refractivity (Wildman–Crippen MR) is 64.1 cm³/mol. The highest BCUT2D eigenvalue weighted by Gasteiger charge is 2.18. The number of aliphatic hydroxyl groups is 1. The number of aryl methyl sites for hydroxylation is 1. The molecule has 1 aromatic heterocycles. The van der Waals surface area contributed by atoms with Crippen molar-refractivity contribution in [2.24, 2.45) is 5.41 Å². The van der Waals surface area contributed by atoms with Crippen LogP contribution in [0.25, 0.3) is 0 Å². The van der Waals surface area contributed by atoms with Gasteiger partial charge < -0.3 is 10.4 Å². The number of hydrogen-bond acceptors (Lipinski definition) is 4. The molecule has 0 saturated heterocycles. The fourth-order valence-corrected chi connectivity index (χ4v) is 1.88. The summed E-state index contributed by atoms with van der Waals surface area (Å²) in [5.41, 5.74) is 1.02. The van der Waals surface area contributed by atoms with Gasteiger partial charge in [-0.1, -0.05) is 13.8 Å². The molecular weight excluding hydrogens is 208 g/mol. The van der Waals surface area contributed by atoms with Crippen molar-refractivity contribution in [3.63, 3.8) is 0 Å². The van der Waals surface area contributed by atoms with E-state index in [1.165, 1.54) is 0 Å². The second-order valence-corrected chi connectivity index (χ2v) is 5.78. The molecule has 1 rings (SSSR count). The normalized spacial score (nSPS) is 14.2. The maximum atomic E-state index is 9.13. The first-order valence-corrected chi connectivity index (χ1v) is 6.09. The highest BCUT2D eigenvalue weighted by atomic mass is 32.1. The predicted octanol–water partition coefficient (Wildman–Crippen LogP) is 2.12. The average Bonchev–Trinajstić information content (AvgIpc) is 2.61. The van der Waals surface area contributed by atoms with Crippen LogP contribution < -0.4 is 5.32 Å². The number of aromatic nitrogens is 1. The molecule has 1 heterocycles. The molecule has 0 saturated carbocycles. The molecule has 1 atom stereocenters. The van der Waals surface area contributed by atoms with Crippen molar-refractivity contribution >= 4 is 11.3 Å². The van der Waals surface area contributed by atoms with E-state index in [-0.39, 0.29) is 18.1 Å². The van der Waals surface area contributed by atoms with Crippen LogP contribution >= 0.6 is 11.3 Å². The smallest absolute Gasteiger partial charge is 0.0898 e. The van der Waals surface area contributed by atoms with Crippen molar-refractivity contribution in [1.82, 2.24) is 10.3 Å². The van der Waals surface area contributed by atoms with Crippen LogP contribution in [-0.4, -0.2) is 23.2 Å². The minimum absolute atomic E-state index is 0.0701. The highest BCUT2D eigenvalue weighted by Crippen LogP contribution is 2.18. The van der Waals surface area contributed by atoms with E-state index in [2.05, 4.69) is 22.6 Å². The first-order chi connectivity index (χ1) is 6.94. The standard InChI is InChI=1S/C11H20N2OS/c1-8(10-5-15-9(2)13-10)12-6-11(3,4)7-14/h5,8,12,14H,6-7H2,1-4H3. The number of nitrogens with zero attached hydrogens (tertiary/aromatic N) is 1. The molecule has 0 bridgehead atoms. The van der Waals surface area contributed by atoms with E-state index >= 15 is 0 Å². The van der Waals surface area contributed by atoms with Gasteiger partial charge in [0.25, 0.3) is 0 Å². The number of aliphatic hydroxyl groups excluding tert-OH is 1. The van der Waals surface area contributed by atoms with Crippen molar-refractivity contribution in [2.45, 2.75) is 33.7 Å². The lowest BCUT2D eigenvalue weighted by Crippen LogP contribution is -2.33. The maximum Gasteiger partial charge on any atom is 0.0898 e. The summed E-state index contributed by atoms with van der Waals surface area (Å²) in [6, 6.07) is 0.251. The number of rotatable bonds is 5. The Kier molecular flexibility index (Phi) is 4.25. The molecular formula is C11H20N2OS. The van der Waals surface area contributed by atoms with Crippen molar-refractivity contribution in [2.75, 3.05) is 13.2 Å². The molecule has 0 aliphatic heterocycles. The summed E-state index contributed by atoms with van der Waals surface area (Å²) in [4.78, 5) is 4.43. The summed E-state index contributed by atoms with van der Waals surface area (Å²) in [5.74, 6) is 0. The van der Waals surface area contributed by atoms with Crippen LogP contribution in [0, 0.1) is 12.3 Å². The fourth-order valence-electron chi connectivity index (χ4n) is 1.17. The molecule has 0 radical (unpaired) electrons. The topological polar surface area (TPSA) is 45.2 Å². The zero-order chi connectivity index (χ0) is 11.5. The van der Waals surface area contributed by atoms with E-state index < -0.39 is 0 Å². The van der Waals surface area contributed by atoms with E-state index in [0.29, 0.717) is 0 Å². The number of thiazole rings is 1. The number of nitrogens with one attached hydrogen (secondary N) is 1. The lowest BCUT2D eigenvalue weighted by Gasteiger charge is -2.24. The average molecular weight is 228 g/mol. The number of hydrogen-bond donors (Lipinski definition) is 2. The van der Waals surface area contributed by atoms with Crippen molar-refractivity contribution in [1.29, 1.82) is 0 Å². The van der Waals surface area contributed by atoms with Gasteiger partial charge in [-0.15, -0.1) is 11.3 Å². The van der Waals surface area contributed by atoms with Gasteiger partial charge in [0.1, 0.15) is 0 Å². The zero-order valence-electron chi connectivity index (χ0n) is 9.87. The highest BCUT2D eigenvalue weighted by molar-refractivity contribution is 7.09. The van der Waals surface area contributed by atoms with Crippen LogP contribution in [0.5, 0.6) is 0 Å². The molecule has 0 amide bonds. The molecule has 0 spiro atoms. The summed E-state index contributed by atoms with van der Waals surface area (Å²) in [6.07, 6.45) is 0. The Labute approximate surface area is 95.6 Å². The van der Waals surface area contributed by atoms with Crippen LogP contribution in [0.4, 0.5) is 0 Å². The Bertz CT molecular complexity index is 309. The lowest BCUT2D eigenvalue weighted by atomic mass is 9.94. The van der Waals surface area contributed by atoms with Gasteiger partial charge in [0.15, 0.2) is 0 Å². The van der Waals surface area contributed by atoms with E-state index in [0.717, 1.165) is 17.2 Å². The molecule has 3 nitrogen and oxygen atoms in total. The van der Waals surface area contributed by atoms with E-state index in [4.69, 9.17) is 5.11 Å². The van der Waals surface area contributed by atoms with E-state index in [9.17, 15) is 0 Å². The minimum atomic E-state index is -0.0701. The third-order valence-electron chi connectivity index (χ3n) is 2.40. The largest absolute Gasteiger partial charge is 0.396 e. The minimum Gasteiger partial charge on any atom is -0.396 e. The monoisotopic (exact) mass is 228 g/mol. The van der Waals surface area contributed by atoms with Gasteiger partial charge in [0, 0.05) is 30.0 Å². The van der Waals surface area contributed by atoms with Crippen LogP contribution in [-0.2, 0) is 0 Å². The molecule has 1 aromatic rings. The molecule has 1 unspecified atom stereocenters. The molecule has 0 aliphatic rings. The van der Waals surface area contributed by atoms with Gasteiger partial charge >= 0.3 is 0 Å². The van der Waals surface area contributed by atoms with Gasteiger partial charge in [-0.3, -0.25) is 0 Å². The van der Waals surface area contributed by atoms with Crippen LogP contribution in [0.2, 0.25) is 0 Å². The summed E-state index contributed by atoms with van der Waals surface area (Å²) in [6.45, 7) is 9.18. The molecule has 15 heavy (non-hydrogen) atoms. The van der Waals surface area contributed by atoms with Gasteiger partial charge in [0.05, 0.1) is 10.7 Å². The summed E-state index contributed by atoms with van der Waals surface area (Å²) < 4.78 is 0. The SMILES string of the molecule is Cc1nc(C(C)NCC(C)(C)CO)cs1. The van der Waals surface area contributed by atoms with Crippen LogP contribution in [0.3, 0.4) is 0 Å². The maximum absolute atomic E-state index is 9.13. The molecule has 0 fully saturated rings. The van der Waals surface area contributed by atoms with Gasteiger partial charge in [0.2, 0.25) is 0 Å². The molecule has 4 heteroatoms. The zero-order valence-corrected chi connectivity index (χ0v) is 10.7. The van der Waals surface area contributed by atoms with Crippen molar-refractivity contribution < 1.29 is 5.11 Å². The van der Waals surface area contributed by atoms with Gasteiger partial charge in [-0.2, -0.15) is 0 Å². The lowest BCUT2D eigenvalue weighted by molar-refractivity contribution is 0.153. The Hall–Kier alpha value is -0.450. The molecule has 86 valence electrons. The summed E-state index contributed by atoms with van der Waals surface area (Å²) >= 11 is 1.67. The van der Waals surface area contributed by atoms with Crippen molar-refractivity contribution in [3.05, 3.63) is 16.1 Å². The summed E-state index contributed by atoms with van der Waals surface area (Å²) in [7, 11) is 0. The van der Waals surface area contributed by atoms with Crippen LogP contribution in [0.15, 0.2) is 5.38 Å². The summed E-state index contributed by atoms with van der Waals surface area (Å²) in [5, 5.41) is 15.7. The quantitative estimate of drug-likeness (QED) is 0.811. The van der Waals surface area contributed by atoms with Crippen molar-refractivity contribution in [3.8, 4) is 0 Å². The Morgan fingerprint density at radius 2 is 2.27 bits per heavy atom. The van der Waals surface area contributed by atoms with Gasteiger partial charge in [-0.25, -0.2) is 4.98 Å². The van der Waals surface area contributed by atoms with Crippen LogP contribution in [0.1, 0.15) is 37.5 Å². The Morgan fingerprint density at radius 1 is 1.60 bits per heavy atom. The first-order valence-electron chi connectivity index (χ1n) is 5.21. The molecule has 2 N–H and O–H groups in total. The Balaban J connectivity index is 2.46. The molecule has 0 aliphatic carbocycles. The third-order valence-corrected chi connectivity index (χ3v) is 3.19. The molecule has 0 aromatic carbocycles. The Morgan fingerprint density at radius 3 is 2.73 bits per heavy atom.